The number of hydrogen-bond donors (Lipinski definition) is 0. The van der Waals surface area contributed by atoms with Gasteiger partial charge in [-0.3, -0.25) is 0 Å². The maximum absolute atomic E-state index is 6.90. The van der Waals surface area contributed by atoms with Crippen LogP contribution >= 0.6 is 11.3 Å². The first-order valence-electron chi connectivity index (χ1n) is 17.1. The van der Waals surface area contributed by atoms with Gasteiger partial charge in [-0.25, -0.2) is 0 Å². The third-order valence-corrected chi connectivity index (χ3v) is 11.4. The molecule has 11 aromatic rings. The first-order valence-corrected chi connectivity index (χ1v) is 18.0. The molecule has 0 spiro atoms. The summed E-state index contributed by atoms with van der Waals surface area (Å²) in [5.41, 5.74) is 9.21. The van der Waals surface area contributed by atoms with Gasteiger partial charge in [0.15, 0.2) is 0 Å². The van der Waals surface area contributed by atoms with Gasteiger partial charge in [0.1, 0.15) is 11.2 Å². The minimum atomic E-state index is 0.910. The lowest BCUT2D eigenvalue weighted by atomic mass is 9.85. The van der Waals surface area contributed by atoms with E-state index < -0.39 is 0 Å². The van der Waals surface area contributed by atoms with Crippen molar-refractivity contribution in [2.24, 2.45) is 0 Å². The predicted octanol–water partition coefficient (Wildman–Crippen LogP) is 14.4. The van der Waals surface area contributed by atoms with Crippen LogP contribution in [0.4, 0.5) is 0 Å². The molecule has 0 saturated heterocycles. The molecular formula is C48H28OS. The summed E-state index contributed by atoms with van der Waals surface area (Å²) in [6, 6.07) is 59.8. The van der Waals surface area contributed by atoms with Crippen LogP contribution in [-0.2, 0) is 0 Å². The summed E-state index contributed by atoms with van der Waals surface area (Å²) >= 11 is 1.78. The maximum atomic E-state index is 6.90. The third-order valence-electron chi connectivity index (χ3n) is 10.5. The van der Waals surface area contributed by atoms with Gasteiger partial charge >= 0.3 is 0 Å². The lowest BCUT2D eigenvalue weighted by molar-refractivity contribution is 0.673. The van der Waals surface area contributed by atoms with Gasteiger partial charge in [-0.05, 0) is 113 Å². The van der Waals surface area contributed by atoms with E-state index in [1.165, 1.54) is 81.0 Å². The second kappa shape index (κ2) is 10.6. The van der Waals surface area contributed by atoms with E-state index in [1.54, 1.807) is 11.3 Å². The van der Waals surface area contributed by atoms with Gasteiger partial charge in [0.05, 0.1) is 0 Å². The van der Waals surface area contributed by atoms with Crippen LogP contribution in [0.15, 0.2) is 174 Å². The lowest BCUT2D eigenvalue weighted by Crippen LogP contribution is -1.90. The Bertz CT molecular complexity index is 3100. The molecule has 2 aromatic heterocycles. The highest BCUT2D eigenvalue weighted by atomic mass is 32.1. The molecule has 0 amide bonds. The summed E-state index contributed by atoms with van der Waals surface area (Å²) in [5.74, 6) is 0. The van der Waals surface area contributed by atoms with Gasteiger partial charge in [-0.1, -0.05) is 127 Å². The second-order valence-corrected chi connectivity index (χ2v) is 14.2. The van der Waals surface area contributed by atoms with Crippen LogP contribution < -0.4 is 0 Å². The Labute approximate surface area is 292 Å². The van der Waals surface area contributed by atoms with Crippen molar-refractivity contribution in [3.63, 3.8) is 0 Å². The van der Waals surface area contributed by atoms with Crippen molar-refractivity contribution in [1.82, 2.24) is 0 Å². The van der Waals surface area contributed by atoms with Crippen LogP contribution in [0.1, 0.15) is 0 Å². The SMILES string of the molecule is c1ccc2cc(-c3c4ccccc4c(-c4ccc5c(c4)oc4c5ccc5scc(-c6ccc7ccccc7c6)c54)c4ccccc34)ccc2c1. The average molecular weight is 653 g/mol. The van der Waals surface area contributed by atoms with E-state index in [1.807, 2.05) is 0 Å². The van der Waals surface area contributed by atoms with Crippen LogP contribution in [0, 0.1) is 0 Å². The smallest absolute Gasteiger partial charge is 0.144 e. The number of thiophene rings is 1. The Balaban J connectivity index is 1.14. The highest BCUT2D eigenvalue weighted by molar-refractivity contribution is 7.18. The molecule has 9 aromatic carbocycles. The maximum Gasteiger partial charge on any atom is 0.144 e. The van der Waals surface area contributed by atoms with Crippen LogP contribution in [0.25, 0.3) is 108 Å². The zero-order valence-corrected chi connectivity index (χ0v) is 27.8. The summed E-state index contributed by atoms with van der Waals surface area (Å²) in [4.78, 5) is 0. The van der Waals surface area contributed by atoms with E-state index in [9.17, 15) is 0 Å². The fourth-order valence-corrected chi connectivity index (χ4v) is 9.14. The van der Waals surface area contributed by atoms with E-state index in [4.69, 9.17) is 4.42 Å². The molecule has 2 heterocycles. The standard InChI is InChI=1S/C48H28OS/c1-3-11-31-25-33(19-17-29(31)9-1)42-28-50-44-24-23-41-36-22-21-35(27-43(36)49-48(41)47(42)44)46-39-15-7-5-13-37(39)45(38-14-6-8-16-40(38)46)34-20-18-30-10-2-4-12-32(30)26-34/h1-28H. The van der Waals surface area contributed by atoms with Crippen molar-refractivity contribution in [1.29, 1.82) is 0 Å². The molecule has 0 radical (unpaired) electrons. The molecule has 0 saturated carbocycles. The Morgan fingerprint density at radius 3 is 1.52 bits per heavy atom. The number of hydrogen-bond acceptors (Lipinski definition) is 2. The van der Waals surface area contributed by atoms with E-state index in [0.29, 0.717) is 0 Å². The highest BCUT2D eigenvalue weighted by Crippen LogP contribution is 2.47. The van der Waals surface area contributed by atoms with E-state index in [0.717, 1.165) is 27.5 Å². The van der Waals surface area contributed by atoms with Crippen molar-refractivity contribution in [2.75, 3.05) is 0 Å². The van der Waals surface area contributed by atoms with E-state index in [-0.39, 0.29) is 0 Å². The average Bonchev–Trinajstić information content (AvgIpc) is 3.78. The summed E-state index contributed by atoms with van der Waals surface area (Å²) < 4.78 is 8.14. The van der Waals surface area contributed by atoms with Gasteiger partial charge in [-0.2, -0.15) is 0 Å². The minimum Gasteiger partial charge on any atom is -0.455 e. The lowest BCUT2D eigenvalue weighted by Gasteiger charge is -2.18. The summed E-state index contributed by atoms with van der Waals surface area (Å²) in [7, 11) is 0. The van der Waals surface area contributed by atoms with Gasteiger partial charge < -0.3 is 4.42 Å². The highest BCUT2D eigenvalue weighted by Gasteiger charge is 2.20. The quantitative estimate of drug-likeness (QED) is 0.173. The van der Waals surface area contributed by atoms with Crippen molar-refractivity contribution in [2.45, 2.75) is 0 Å². The molecule has 0 atom stereocenters. The van der Waals surface area contributed by atoms with Gasteiger partial charge in [0.2, 0.25) is 0 Å². The second-order valence-electron chi connectivity index (χ2n) is 13.2. The zero-order valence-electron chi connectivity index (χ0n) is 27.0. The fraction of sp³-hybridized carbons (Fsp3) is 0. The molecule has 0 N–H and O–H groups in total. The summed E-state index contributed by atoms with van der Waals surface area (Å²) in [6.07, 6.45) is 0. The molecule has 2 heteroatoms. The van der Waals surface area contributed by atoms with Crippen molar-refractivity contribution in [3.8, 4) is 33.4 Å². The van der Waals surface area contributed by atoms with Crippen LogP contribution in [0.5, 0.6) is 0 Å². The zero-order chi connectivity index (χ0) is 32.8. The van der Waals surface area contributed by atoms with Crippen LogP contribution in [-0.4, -0.2) is 0 Å². The molecule has 0 aliphatic heterocycles. The Morgan fingerprint density at radius 1 is 0.380 bits per heavy atom. The van der Waals surface area contributed by atoms with Crippen molar-refractivity contribution in [3.05, 3.63) is 169 Å². The van der Waals surface area contributed by atoms with E-state index in [2.05, 4.69) is 169 Å². The molecular weight excluding hydrogens is 625 g/mol. The molecule has 0 bridgehead atoms. The number of rotatable bonds is 3. The summed E-state index contributed by atoms with van der Waals surface area (Å²) in [5, 5.41) is 15.8. The Hall–Kier alpha value is -6.22. The Morgan fingerprint density at radius 2 is 0.880 bits per heavy atom. The fourth-order valence-electron chi connectivity index (χ4n) is 8.18. The summed E-state index contributed by atoms with van der Waals surface area (Å²) in [6.45, 7) is 0. The van der Waals surface area contributed by atoms with Crippen LogP contribution in [0.2, 0.25) is 0 Å². The monoisotopic (exact) mass is 652 g/mol. The van der Waals surface area contributed by atoms with Crippen LogP contribution in [0.3, 0.4) is 0 Å². The first-order chi connectivity index (χ1) is 24.8. The van der Waals surface area contributed by atoms with Gasteiger partial charge in [-0.15, -0.1) is 11.3 Å². The molecule has 0 fully saturated rings. The number of fused-ring (bicyclic) bond motifs is 9. The molecule has 11 rings (SSSR count). The molecule has 0 aliphatic carbocycles. The topological polar surface area (TPSA) is 13.1 Å². The first kappa shape index (κ1) is 27.7. The van der Waals surface area contributed by atoms with E-state index >= 15 is 0 Å². The van der Waals surface area contributed by atoms with Crippen molar-refractivity contribution < 1.29 is 4.42 Å². The predicted molar refractivity (Wildman–Crippen MR) is 215 cm³/mol. The van der Waals surface area contributed by atoms with Gasteiger partial charge in [0.25, 0.3) is 0 Å². The number of benzene rings is 9. The molecule has 0 aliphatic rings. The number of furan rings is 1. The molecule has 232 valence electrons. The van der Waals surface area contributed by atoms with Gasteiger partial charge in [0, 0.05) is 26.4 Å². The molecule has 50 heavy (non-hydrogen) atoms. The molecule has 0 unspecified atom stereocenters. The minimum absolute atomic E-state index is 0.910. The largest absolute Gasteiger partial charge is 0.455 e. The Kier molecular flexibility index (Phi) is 5.89. The normalized spacial score (nSPS) is 12.0. The third kappa shape index (κ3) is 4.06. The molecule has 1 nitrogen and oxygen atoms in total. The van der Waals surface area contributed by atoms with Crippen molar-refractivity contribution >= 4 is 86.5 Å².